The summed E-state index contributed by atoms with van der Waals surface area (Å²) in [7, 11) is 0. The van der Waals surface area contributed by atoms with E-state index >= 15 is 0 Å². The highest BCUT2D eigenvalue weighted by Gasteiger charge is 1.93. The van der Waals surface area contributed by atoms with Crippen molar-refractivity contribution in [2.24, 2.45) is 0 Å². The van der Waals surface area contributed by atoms with Crippen LogP contribution in [0.3, 0.4) is 0 Å². The molecule has 0 aliphatic heterocycles. The monoisotopic (exact) mass is 162 g/mol. The summed E-state index contributed by atoms with van der Waals surface area (Å²) in [5, 5.41) is 8.60. The molecule has 0 fully saturated rings. The predicted octanol–water partition coefficient (Wildman–Crippen LogP) is 2.25. The Labute approximate surface area is 73.4 Å². The molecule has 0 spiro atoms. The van der Waals surface area contributed by atoms with E-state index in [0.717, 1.165) is 6.42 Å². The maximum Gasteiger partial charge on any atom is 0.0615 e. The minimum atomic E-state index is 0.109. The molecule has 12 heavy (non-hydrogen) atoms. The third-order valence-corrected chi connectivity index (χ3v) is 1.84. The molecular weight excluding hydrogens is 148 g/mol. The van der Waals surface area contributed by atoms with Gasteiger partial charge in [-0.1, -0.05) is 43.3 Å². The zero-order valence-electron chi connectivity index (χ0n) is 7.33. The highest BCUT2D eigenvalue weighted by Crippen LogP contribution is 2.10. The van der Waals surface area contributed by atoms with E-state index in [-0.39, 0.29) is 6.61 Å². The van der Waals surface area contributed by atoms with Crippen LogP contribution in [0.4, 0.5) is 0 Å². The molecule has 0 saturated carbocycles. The molecule has 0 aliphatic rings. The molecule has 0 bridgehead atoms. The number of aryl methyl sites for hydroxylation is 1. The Hall–Kier alpha value is -1.08. The molecule has 0 radical (unpaired) electrons. The Bertz CT molecular complexity index is 263. The van der Waals surface area contributed by atoms with Crippen LogP contribution in [0.5, 0.6) is 0 Å². The summed E-state index contributed by atoms with van der Waals surface area (Å²) in [6, 6.07) is 8.22. The van der Waals surface area contributed by atoms with Crippen molar-refractivity contribution in [3.8, 4) is 0 Å². The lowest BCUT2D eigenvalue weighted by Gasteiger charge is -2.00. The summed E-state index contributed by atoms with van der Waals surface area (Å²) in [6.45, 7) is 2.24. The van der Waals surface area contributed by atoms with Crippen molar-refractivity contribution in [1.29, 1.82) is 0 Å². The topological polar surface area (TPSA) is 20.2 Å². The van der Waals surface area contributed by atoms with Gasteiger partial charge in [-0.15, -0.1) is 0 Å². The number of aliphatic hydroxyl groups excluding tert-OH is 1. The van der Waals surface area contributed by atoms with E-state index in [4.69, 9.17) is 5.11 Å². The smallest absolute Gasteiger partial charge is 0.0615 e. The first-order valence-corrected chi connectivity index (χ1v) is 4.23. The van der Waals surface area contributed by atoms with Gasteiger partial charge >= 0.3 is 0 Å². The molecule has 0 aliphatic carbocycles. The van der Waals surface area contributed by atoms with E-state index in [9.17, 15) is 0 Å². The fraction of sp³-hybridized carbons (Fsp3) is 0.273. The summed E-state index contributed by atoms with van der Waals surface area (Å²) in [4.78, 5) is 0. The molecule has 64 valence electrons. The molecule has 0 aromatic heterocycles. The van der Waals surface area contributed by atoms with Gasteiger partial charge in [-0.05, 0) is 17.5 Å². The first-order valence-electron chi connectivity index (χ1n) is 4.23. The maximum atomic E-state index is 8.60. The van der Waals surface area contributed by atoms with Crippen LogP contribution in [0.15, 0.2) is 30.3 Å². The molecule has 0 amide bonds. The lowest BCUT2D eigenvalue weighted by molar-refractivity contribution is 0.343. The van der Waals surface area contributed by atoms with Crippen LogP contribution in [0.1, 0.15) is 18.1 Å². The summed E-state index contributed by atoms with van der Waals surface area (Å²) in [6.07, 6.45) is 4.75. The Kier molecular flexibility index (Phi) is 3.55. The molecule has 1 N–H and O–H groups in total. The molecule has 0 saturated heterocycles. The highest BCUT2D eigenvalue weighted by atomic mass is 16.2. The van der Waals surface area contributed by atoms with Crippen molar-refractivity contribution in [3.05, 3.63) is 41.5 Å². The fourth-order valence-electron chi connectivity index (χ4n) is 1.20. The lowest BCUT2D eigenvalue weighted by atomic mass is 10.1. The van der Waals surface area contributed by atoms with Gasteiger partial charge in [0, 0.05) is 0 Å². The van der Waals surface area contributed by atoms with Gasteiger partial charge in [0.15, 0.2) is 0 Å². The van der Waals surface area contributed by atoms with Crippen molar-refractivity contribution < 1.29 is 5.11 Å². The van der Waals surface area contributed by atoms with E-state index in [1.165, 1.54) is 11.1 Å². The zero-order chi connectivity index (χ0) is 8.81. The van der Waals surface area contributed by atoms with Gasteiger partial charge in [0.2, 0.25) is 0 Å². The third kappa shape index (κ3) is 2.21. The first kappa shape index (κ1) is 9.01. The standard InChI is InChI=1S/C11H14O/c1-2-10-6-3-4-7-11(10)8-5-9-12/h3-8,12H,2,9H2,1H3/b8-5+. The van der Waals surface area contributed by atoms with Crippen molar-refractivity contribution in [2.75, 3.05) is 6.61 Å². The Morgan fingerprint density at radius 2 is 2.08 bits per heavy atom. The number of hydrogen-bond donors (Lipinski definition) is 1. The lowest BCUT2D eigenvalue weighted by Crippen LogP contribution is -1.84. The van der Waals surface area contributed by atoms with Gasteiger partial charge in [-0.3, -0.25) is 0 Å². The molecule has 0 heterocycles. The Morgan fingerprint density at radius 1 is 1.33 bits per heavy atom. The number of hydrogen-bond acceptors (Lipinski definition) is 1. The maximum absolute atomic E-state index is 8.60. The van der Waals surface area contributed by atoms with Crippen LogP contribution in [0.2, 0.25) is 0 Å². The minimum Gasteiger partial charge on any atom is -0.392 e. The fourth-order valence-corrected chi connectivity index (χ4v) is 1.20. The average Bonchev–Trinajstić information content (AvgIpc) is 2.15. The van der Waals surface area contributed by atoms with Crippen LogP contribution in [-0.2, 0) is 6.42 Å². The van der Waals surface area contributed by atoms with Crippen molar-refractivity contribution in [3.63, 3.8) is 0 Å². The van der Waals surface area contributed by atoms with Gasteiger partial charge in [-0.25, -0.2) is 0 Å². The molecule has 1 aromatic carbocycles. The van der Waals surface area contributed by atoms with E-state index < -0.39 is 0 Å². The second-order valence-electron chi connectivity index (χ2n) is 2.64. The molecule has 0 atom stereocenters. The van der Waals surface area contributed by atoms with Gasteiger partial charge in [0.1, 0.15) is 0 Å². The van der Waals surface area contributed by atoms with Crippen LogP contribution in [0, 0.1) is 0 Å². The van der Waals surface area contributed by atoms with E-state index in [2.05, 4.69) is 19.1 Å². The average molecular weight is 162 g/mol. The normalized spacial score (nSPS) is 10.8. The SMILES string of the molecule is CCc1ccccc1/C=C/CO. The quantitative estimate of drug-likeness (QED) is 0.722. The summed E-state index contributed by atoms with van der Waals surface area (Å²) in [5.74, 6) is 0. The largest absolute Gasteiger partial charge is 0.392 e. The second-order valence-corrected chi connectivity index (χ2v) is 2.64. The van der Waals surface area contributed by atoms with Crippen LogP contribution in [0.25, 0.3) is 6.08 Å². The number of rotatable bonds is 3. The Morgan fingerprint density at radius 3 is 2.75 bits per heavy atom. The number of benzene rings is 1. The number of aliphatic hydroxyl groups is 1. The van der Waals surface area contributed by atoms with E-state index in [1.807, 2.05) is 18.2 Å². The van der Waals surface area contributed by atoms with Crippen molar-refractivity contribution in [1.82, 2.24) is 0 Å². The van der Waals surface area contributed by atoms with Gasteiger partial charge in [-0.2, -0.15) is 0 Å². The van der Waals surface area contributed by atoms with Crippen molar-refractivity contribution in [2.45, 2.75) is 13.3 Å². The summed E-state index contributed by atoms with van der Waals surface area (Å²) < 4.78 is 0. The van der Waals surface area contributed by atoms with Gasteiger partial charge in [0.05, 0.1) is 6.61 Å². The van der Waals surface area contributed by atoms with Gasteiger partial charge in [0.25, 0.3) is 0 Å². The van der Waals surface area contributed by atoms with E-state index in [0.29, 0.717) is 0 Å². The second kappa shape index (κ2) is 4.73. The molecule has 1 heteroatoms. The van der Waals surface area contributed by atoms with E-state index in [1.54, 1.807) is 6.08 Å². The third-order valence-electron chi connectivity index (χ3n) is 1.84. The van der Waals surface area contributed by atoms with Crippen LogP contribution in [-0.4, -0.2) is 11.7 Å². The summed E-state index contributed by atoms with van der Waals surface area (Å²) in [5.41, 5.74) is 2.52. The van der Waals surface area contributed by atoms with Crippen LogP contribution < -0.4 is 0 Å². The van der Waals surface area contributed by atoms with Crippen molar-refractivity contribution >= 4 is 6.08 Å². The van der Waals surface area contributed by atoms with Crippen LogP contribution >= 0.6 is 0 Å². The van der Waals surface area contributed by atoms with Gasteiger partial charge < -0.3 is 5.11 Å². The molecule has 1 nitrogen and oxygen atoms in total. The molecule has 0 unspecified atom stereocenters. The first-order chi connectivity index (χ1) is 5.88. The minimum absolute atomic E-state index is 0.109. The molecule has 1 rings (SSSR count). The predicted molar refractivity (Wildman–Crippen MR) is 51.9 cm³/mol. The Balaban J connectivity index is 2.89. The molecule has 1 aromatic rings. The zero-order valence-corrected chi connectivity index (χ0v) is 7.33. The summed E-state index contributed by atoms with van der Waals surface area (Å²) >= 11 is 0. The molecular formula is C11H14O. The highest BCUT2D eigenvalue weighted by molar-refractivity contribution is 5.53.